The molecule has 2 aromatic carbocycles. The summed E-state index contributed by atoms with van der Waals surface area (Å²) in [6, 6.07) is 17.5. The van der Waals surface area contributed by atoms with Crippen LogP contribution in [0.4, 0.5) is 0 Å². The summed E-state index contributed by atoms with van der Waals surface area (Å²) in [5, 5.41) is 3.28. The highest BCUT2D eigenvalue weighted by Crippen LogP contribution is 2.62. The lowest BCUT2D eigenvalue weighted by molar-refractivity contribution is -0.000397. The van der Waals surface area contributed by atoms with E-state index in [1.807, 2.05) is 14.2 Å². The molecule has 0 aromatic heterocycles. The van der Waals surface area contributed by atoms with Gasteiger partial charge >= 0.3 is 0 Å². The van der Waals surface area contributed by atoms with Gasteiger partial charge < -0.3 is 10.1 Å². The Hall–Kier alpha value is -2.46. The molecular formula is C25H29N3O. The molecule has 1 unspecified atom stereocenters. The molecule has 0 bridgehead atoms. The summed E-state index contributed by atoms with van der Waals surface area (Å²) in [6.07, 6.45) is 5.76. The first-order chi connectivity index (χ1) is 14.1. The number of benzene rings is 2. The van der Waals surface area contributed by atoms with Gasteiger partial charge in [0.2, 0.25) is 0 Å². The van der Waals surface area contributed by atoms with Crippen molar-refractivity contribution in [2.75, 3.05) is 14.2 Å². The second-order valence-corrected chi connectivity index (χ2v) is 8.71. The largest absolute Gasteiger partial charge is 0.381 e. The van der Waals surface area contributed by atoms with Crippen LogP contribution in [0.2, 0.25) is 0 Å². The number of nitrogens with one attached hydrogen (secondary N) is 1. The van der Waals surface area contributed by atoms with Crippen molar-refractivity contribution in [1.82, 2.24) is 5.32 Å². The van der Waals surface area contributed by atoms with Crippen LogP contribution in [-0.2, 0) is 16.8 Å². The van der Waals surface area contributed by atoms with Crippen molar-refractivity contribution in [3.05, 3.63) is 59.7 Å². The van der Waals surface area contributed by atoms with E-state index >= 15 is 0 Å². The van der Waals surface area contributed by atoms with Gasteiger partial charge in [0.15, 0.2) is 5.66 Å². The van der Waals surface area contributed by atoms with Gasteiger partial charge in [-0.3, -0.25) is 4.99 Å². The van der Waals surface area contributed by atoms with E-state index in [9.17, 15) is 0 Å². The number of ether oxygens (including phenoxy) is 1. The van der Waals surface area contributed by atoms with Crippen LogP contribution in [0.1, 0.15) is 43.7 Å². The van der Waals surface area contributed by atoms with E-state index < -0.39 is 5.66 Å². The normalized spacial score (nSPS) is 30.4. The summed E-state index contributed by atoms with van der Waals surface area (Å²) in [6.45, 7) is 2.08. The Morgan fingerprint density at radius 3 is 2.41 bits per heavy atom. The molecule has 3 aliphatic rings. The fraction of sp³-hybridized carbons (Fsp3) is 0.440. The second-order valence-electron chi connectivity index (χ2n) is 8.71. The van der Waals surface area contributed by atoms with Gasteiger partial charge in [-0.25, -0.2) is 4.99 Å². The molecule has 0 radical (unpaired) electrons. The second kappa shape index (κ2) is 6.81. The van der Waals surface area contributed by atoms with Crippen LogP contribution in [0, 0.1) is 5.41 Å². The van der Waals surface area contributed by atoms with Gasteiger partial charge in [-0.15, -0.1) is 0 Å². The third-order valence-corrected chi connectivity index (χ3v) is 7.27. The van der Waals surface area contributed by atoms with Crippen molar-refractivity contribution in [2.24, 2.45) is 15.4 Å². The maximum Gasteiger partial charge on any atom is 0.184 e. The molecule has 0 amide bonds. The summed E-state index contributed by atoms with van der Waals surface area (Å²) in [4.78, 5) is 10.6. The minimum atomic E-state index is -0.506. The van der Waals surface area contributed by atoms with Crippen molar-refractivity contribution < 1.29 is 4.74 Å². The number of fused-ring (bicyclic) bond motifs is 3. The van der Waals surface area contributed by atoms with E-state index in [1.165, 1.54) is 22.3 Å². The summed E-state index contributed by atoms with van der Waals surface area (Å²) >= 11 is 0. The van der Waals surface area contributed by atoms with Crippen molar-refractivity contribution >= 4 is 11.5 Å². The highest BCUT2D eigenvalue weighted by molar-refractivity contribution is 6.41. The topological polar surface area (TPSA) is 46.0 Å². The predicted molar refractivity (Wildman–Crippen MR) is 119 cm³/mol. The minimum absolute atomic E-state index is 0.0412. The number of methoxy groups -OCH3 is 1. The fourth-order valence-corrected chi connectivity index (χ4v) is 5.70. The molecule has 1 aliphatic heterocycles. The monoisotopic (exact) mass is 387 g/mol. The molecule has 4 nitrogen and oxygen atoms in total. The maximum absolute atomic E-state index is 5.68. The van der Waals surface area contributed by atoms with Crippen LogP contribution in [0.15, 0.2) is 58.5 Å². The summed E-state index contributed by atoms with van der Waals surface area (Å²) < 4.78 is 5.68. The summed E-state index contributed by atoms with van der Waals surface area (Å²) in [5.41, 5.74) is 5.72. The average Bonchev–Trinajstić information content (AvgIpc) is 3.24. The number of rotatable bonds is 2. The van der Waals surface area contributed by atoms with Gasteiger partial charge in [0.1, 0.15) is 5.84 Å². The Labute approximate surface area is 173 Å². The van der Waals surface area contributed by atoms with Gasteiger partial charge in [-0.2, -0.15) is 0 Å². The number of amidine groups is 1. The first-order valence-corrected chi connectivity index (χ1v) is 10.7. The molecule has 1 atom stereocenters. The third-order valence-electron chi connectivity index (χ3n) is 7.27. The van der Waals surface area contributed by atoms with Crippen LogP contribution in [0.3, 0.4) is 0 Å². The van der Waals surface area contributed by atoms with Gasteiger partial charge in [0.05, 0.1) is 11.8 Å². The van der Waals surface area contributed by atoms with Crippen LogP contribution in [0.25, 0.3) is 11.1 Å². The number of hydrogen-bond acceptors (Lipinski definition) is 4. The molecule has 5 rings (SSSR count). The van der Waals surface area contributed by atoms with Crippen molar-refractivity contribution in [1.29, 1.82) is 0 Å². The quantitative estimate of drug-likeness (QED) is 0.810. The Morgan fingerprint density at radius 1 is 1.00 bits per heavy atom. The number of hydrogen-bond donors (Lipinski definition) is 1. The SMILES string of the molecule is CNC1=NC2(N=C1C)c1cc(-c3ccccc3)ccc1CC21CCC(OC)CC1. The standard InChI is InChI=1S/C25H29N3O/c1-17-23(26-2)28-25(27-17)22-15-19(18-7-5-4-6-8-18)9-10-20(22)16-24(25)13-11-21(29-3)12-14-24/h4-10,15,21H,11-14,16H2,1-3H3,(H,26,28). The van der Waals surface area contributed by atoms with Gasteiger partial charge in [-0.05, 0) is 61.8 Å². The molecule has 1 heterocycles. The zero-order valence-corrected chi connectivity index (χ0v) is 17.5. The van der Waals surface area contributed by atoms with Gasteiger partial charge in [0.25, 0.3) is 0 Å². The zero-order valence-electron chi connectivity index (χ0n) is 17.5. The van der Waals surface area contributed by atoms with Crippen molar-refractivity contribution in [2.45, 2.75) is 50.8 Å². The molecule has 0 saturated heterocycles. The third kappa shape index (κ3) is 2.69. The lowest BCUT2D eigenvalue weighted by Crippen LogP contribution is -2.43. The minimum Gasteiger partial charge on any atom is -0.381 e. The Bertz CT molecular complexity index is 986. The average molecular weight is 388 g/mol. The smallest absolute Gasteiger partial charge is 0.184 e. The van der Waals surface area contributed by atoms with Crippen LogP contribution in [0.5, 0.6) is 0 Å². The van der Waals surface area contributed by atoms with Crippen molar-refractivity contribution in [3.63, 3.8) is 0 Å². The van der Waals surface area contributed by atoms with Crippen LogP contribution < -0.4 is 5.32 Å². The first-order valence-electron chi connectivity index (χ1n) is 10.7. The van der Waals surface area contributed by atoms with E-state index in [0.29, 0.717) is 6.10 Å². The first kappa shape index (κ1) is 18.6. The lowest BCUT2D eigenvalue weighted by atomic mass is 9.65. The molecule has 2 aliphatic carbocycles. The summed E-state index contributed by atoms with van der Waals surface area (Å²) in [7, 11) is 3.78. The van der Waals surface area contributed by atoms with E-state index in [2.05, 4.69) is 60.8 Å². The van der Waals surface area contributed by atoms with Crippen LogP contribution in [-0.4, -0.2) is 31.8 Å². The van der Waals surface area contributed by atoms with Gasteiger partial charge in [0, 0.05) is 25.1 Å². The fourth-order valence-electron chi connectivity index (χ4n) is 5.70. The molecule has 1 saturated carbocycles. The predicted octanol–water partition coefficient (Wildman–Crippen LogP) is 4.73. The molecule has 29 heavy (non-hydrogen) atoms. The molecule has 2 aromatic rings. The number of aliphatic imine (C=N–C) groups is 2. The number of nitrogens with zero attached hydrogens (tertiary/aromatic N) is 2. The Kier molecular flexibility index (Phi) is 4.36. The Morgan fingerprint density at radius 2 is 1.76 bits per heavy atom. The summed E-state index contributed by atoms with van der Waals surface area (Å²) in [5.74, 6) is 0.927. The Balaban J connectivity index is 1.66. The van der Waals surface area contributed by atoms with E-state index in [1.54, 1.807) is 0 Å². The highest BCUT2D eigenvalue weighted by Gasteiger charge is 2.60. The lowest BCUT2D eigenvalue weighted by Gasteiger charge is -2.44. The maximum atomic E-state index is 5.68. The molecular weight excluding hydrogens is 358 g/mol. The van der Waals surface area contributed by atoms with E-state index in [-0.39, 0.29) is 5.41 Å². The van der Waals surface area contributed by atoms with Crippen LogP contribution >= 0.6 is 0 Å². The van der Waals surface area contributed by atoms with Gasteiger partial charge in [-0.1, -0.05) is 42.5 Å². The molecule has 4 heteroatoms. The molecule has 1 fully saturated rings. The molecule has 2 spiro atoms. The van der Waals surface area contributed by atoms with E-state index in [4.69, 9.17) is 14.7 Å². The molecule has 150 valence electrons. The highest BCUT2D eigenvalue weighted by atomic mass is 16.5. The molecule has 1 N–H and O–H groups in total. The van der Waals surface area contributed by atoms with Crippen molar-refractivity contribution in [3.8, 4) is 11.1 Å². The zero-order chi connectivity index (χ0) is 20.1. The van der Waals surface area contributed by atoms with E-state index in [0.717, 1.165) is 43.7 Å².